The van der Waals surface area contributed by atoms with Crippen molar-refractivity contribution in [2.75, 3.05) is 55.7 Å². The number of aromatic nitrogens is 1. The highest BCUT2D eigenvalue weighted by molar-refractivity contribution is 7.92. The molecule has 1 aromatic heterocycles. The van der Waals surface area contributed by atoms with Crippen molar-refractivity contribution in [3.8, 4) is 17.0 Å². The first-order chi connectivity index (χ1) is 25.1. The van der Waals surface area contributed by atoms with Crippen molar-refractivity contribution >= 4 is 44.0 Å². The van der Waals surface area contributed by atoms with Crippen LogP contribution in [0.4, 0.5) is 10.8 Å². The van der Waals surface area contributed by atoms with Crippen LogP contribution in [0.1, 0.15) is 54.4 Å². The van der Waals surface area contributed by atoms with Gasteiger partial charge in [0.25, 0.3) is 5.91 Å². The monoisotopic (exact) mass is 744 g/mol. The molecule has 1 saturated carbocycles. The van der Waals surface area contributed by atoms with Crippen molar-refractivity contribution in [2.45, 2.75) is 56.5 Å². The molecular weight excluding hydrogens is 697 g/mol. The van der Waals surface area contributed by atoms with Crippen LogP contribution >= 0.6 is 11.3 Å². The molecule has 2 amide bonds. The van der Waals surface area contributed by atoms with E-state index in [0.29, 0.717) is 42.7 Å². The molecule has 0 radical (unpaired) electrons. The number of rotatable bonds is 14. The fraction of sp³-hybridized carbons (Fsp3) is 0.410. The standard InChI is InChI=1S/C39H48N6O5S2/c1-44-23-25-45(26-24-44)38-41-35(27-51-38)30-12-14-31(15-13-30)36(46)42-39(21-7-4-8-22-39)37(47)40-33(16-11-29-9-5-3-6-10-29)28-52(48,49)43-32-17-19-34(50-2)20-18-32/h3,5-6,9-10,12-15,17-20,27,33,43H,4,7-8,11,16,21-26,28H2,1-2H3,(H,40,47)(H,42,46)/t33-/m0/s1. The second-order valence-electron chi connectivity index (χ2n) is 13.8. The molecule has 1 aliphatic heterocycles. The van der Waals surface area contributed by atoms with E-state index in [4.69, 9.17) is 9.72 Å². The second kappa shape index (κ2) is 16.9. The van der Waals surface area contributed by atoms with Gasteiger partial charge in [-0.25, -0.2) is 13.4 Å². The van der Waals surface area contributed by atoms with Gasteiger partial charge in [0.15, 0.2) is 5.13 Å². The number of anilines is 2. The van der Waals surface area contributed by atoms with E-state index < -0.39 is 21.6 Å². The number of sulfonamides is 1. The Morgan fingerprint density at radius 1 is 0.923 bits per heavy atom. The fourth-order valence-electron chi connectivity index (χ4n) is 6.84. The number of hydrogen-bond donors (Lipinski definition) is 3. The lowest BCUT2D eigenvalue weighted by Crippen LogP contribution is -2.61. The second-order valence-corrected chi connectivity index (χ2v) is 16.4. The Balaban J connectivity index is 1.15. The van der Waals surface area contributed by atoms with Gasteiger partial charge in [0.1, 0.15) is 11.3 Å². The highest BCUT2D eigenvalue weighted by Crippen LogP contribution is 2.31. The van der Waals surface area contributed by atoms with Crippen LogP contribution in [0.25, 0.3) is 11.3 Å². The molecule has 6 rings (SSSR count). The first kappa shape index (κ1) is 37.3. The Morgan fingerprint density at radius 3 is 2.29 bits per heavy atom. The number of piperazine rings is 1. The molecule has 11 nitrogen and oxygen atoms in total. The molecule has 0 unspecified atom stereocenters. The lowest BCUT2D eigenvalue weighted by atomic mass is 9.80. The number of amides is 2. The van der Waals surface area contributed by atoms with Crippen molar-refractivity contribution in [3.05, 3.63) is 95.4 Å². The summed E-state index contributed by atoms with van der Waals surface area (Å²) in [4.78, 5) is 37.5. The quantitative estimate of drug-likeness (QED) is 0.153. The largest absolute Gasteiger partial charge is 0.497 e. The summed E-state index contributed by atoms with van der Waals surface area (Å²) >= 11 is 1.63. The average molecular weight is 745 g/mol. The maximum absolute atomic E-state index is 14.2. The first-order valence-electron chi connectivity index (χ1n) is 17.9. The lowest BCUT2D eigenvalue weighted by molar-refractivity contribution is -0.129. The highest BCUT2D eigenvalue weighted by atomic mass is 32.2. The van der Waals surface area contributed by atoms with Crippen LogP contribution in [0.15, 0.2) is 84.2 Å². The van der Waals surface area contributed by atoms with Crippen LogP contribution in [0, 0.1) is 0 Å². The summed E-state index contributed by atoms with van der Waals surface area (Å²) in [5, 5.41) is 9.22. The number of nitrogens with zero attached hydrogens (tertiary/aromatic N) is 3. The van der Waals surface area contributed by atoms with Gasteiger partial charge >= 0.3 is 0 Å². The van der Waals surface area contributed by atoms with Crippen molar-refractivity contribution in [2.24, 2.45) is 0 Å². The zero-order valence-electron chi connectivity index (χ0n) is 29.8. The van der Waals surface area contributed by atoms with Crippen LogP contribution < -0.4 is 25.0 Å². The van der Waals surface area contributed by atoms with Crippen molar-refractivity contribution < 1.29 is 22.7 Å². The molecule has 0 spiro atoms. The fourth-order valence-corrected chi connectivity index (χ4v) is 9.08. The average Bonchev–Trinajstić information content (AvgIpc) is 3.65. The summed E-state index contributed by atoms with van der Waals surface area (Å²) in [6.07, 6.45) is 4.43. The van der Waals surface area contributed by atoms with Crippen LogP contribution in [0.2, 0.25) is 0 Å². The van der Waals surface area contributed by atoms with Gasteiger partial charge in [-0.1, -0.05) is 61.7 Å². The maximum Gasteiger partial charge on any atom is 0.252 e. The Morgan fingerprint density at radius 2 is 1.62 bits per heavy atom. The minimum absolute atomic E-state index is 0.323. The smallest absolute Gasteiger partial charge is 0.252 e. The number of ether oxygens (including phenoxy) is 1. The molecule has 276 valence electrons. The number of carbonyl (C=O) groups excluding carboxylic acids is 2. The number of nitrogens with one attached hydrogen (secondary N) is 3. The van der Waals surface area contributed by atoms with Gasteiger partial charge in [-0.15, -0.1) is 11.3 Å². The van der Waals surface area contributed by atoms with Gasteiger partial charge in [-0.2, -0.15) is 0 Å². The Bertz CT molecular complexity index is 1890. The summed E-state index contributed by atoms with van der Waals surface area (Å²) in [6.45, 7) is 3.91. The third kappa shape index (κ3) is 9.69. The molecule has 13 heteroatoms. The van der Waals surface area contributed by atoms with Crippen LogP contribution in [-0.4, -0.2) is 87.8 Å². The molecule has 3 aromatic carbocycles. The normalized spacial score (nSPS) is 16.8. The number of likely N-dealkylation sites (N-methyl/N-ethyl adjacent to an activating group) is 1. The predicted molar refractivity (Wildman–Crippen MR) is 208 cm³/mol. The molecule has 3 N–H and O–H groups in total. The number of hydrogen-bond acceptors (Lipinski definition) is 9. The van der Waals surface area contributed by atoms with E-state index in [9.17, 15) is 18.0 Å². The van der Waals surface area contributed by atoms with Crippen molar-refractivity contribution in [3.63, 3.8) is 0 Å². The predicted octanol–water partition coefficient (Wildman–Crippen LogP) is 5.56. The minimum atomic E-state index is -3.86. The lowest BCUT2D eigenvalue weighted by Gasteiger charge is -2.38. The molecule has 4 aromatic rings. The number of benzene rings is 3. The summed E-state index contributed by atoms with van der Waals surface area (Å²) in [5.74, 6) is -0.402. The van der Waals surface area contributed by atoms with E-state index in [-0.39, 0.29) is 17.6 Å². The van der Waals surface area contributed by atoms with Crippen molar-refractivity contribution in [1.29, 1.82) is 0 Å². The van der Waals surface area contributed by atoms with Crippen LogP contribution in [0.5, 0.6) is 5.75 Å². The molecule has 2 aliphatic rings. The number of thiazole rings is 1. The first-order valence-corrected chi connectivity index (χ1v) is 20.5. The van der Waals surface area contributed by atoms with Gasteiger partial charge in [0.05, 0.1) is 18.6 Å². The zero-order chi connectivity index (χ0) is 36.6. The van der Waals surface area contributed by atoms with E-state index in [1.165, 1.54) is 0 Å². The van der Waals surface area contributed by atoms with E-state index in [1.54, 1.807) is 54.8 Å². The van der Waals surface area contributed by atoms with Gasteiger partial charge in [0.2, 0.25) is 15.9 Å². The van der Waals surface area contributed by atoms with Crippen LogP contribution in [0.3, 0.4) is 0 Å². The molecular formula is C39H48N6O5S2. The van der Waals surface area contributed by atoms with Crippen molar-refractivity contribution in [1.82, 2.24) is 20.5 Å². The summed E-state index contributed by atoms with van der Waals surface area (Å²) in [7, 11) is -0.179. The molecule has 1 aliphatic carbocycles. The van der Waals surface area contributed by atoms with E-state index in [0.717, 1.165) is 67.4 Å². The molecule has 2 heterocycles. The van der Waals surface area contributed by atoms with Gasteiger partial charge in [-0.05, 0) is 74.7 Å². The summed E-state index contributed by atoms with van der Waals surface area (Å²) < 4.78 is 34.7. The van der Waals surface area contributed by atoms with Gasteiger partial charge in [-0.3, -0.25) is 14.3 Å². The van der Waals surface area contributed by atoms with E-state index >= 15 is 0 Å². The summed E-state index contributed by atoms with van der Waals surface area (Å²) in [5.41, 5.74) is 2.53. The highest BCUT2D eigenvalue weighted by Gasteiger charge is 2.42. The zero-order valence-corrected chi connectivity index (χ0v) is 31.5. The third-order valence-electron chi connectivity index (χ3n) is 9.95. The van der Waals surface area contributed by atoms with Crippen LogP contribution in [-0.2, 0) is 21.2 Å². The molecule has 1 atom stereocenters. The maximum atomic E-state index is 14.2. The third-order valence-corrected chi connectivity index (χ3v) is 12.2. The number of carbonyl (C=O) groups is 2. The van der Waals surface area contributed by atoms with E-state index in [1.807, 2.05) is 47.8 Å². The Kier molecular flexibility index (Phi) is 12.1. The minimum Gasteiger partial charge on any atom is -0.497 e. The Hall–Kier alpha value is -4.46. The van der Waals surface area contributed by atoms with E-state index in [2.05, 4.69) is 32.2 Å². The van der Waals surface area contributed by atoms with Gasteiger partial charge < -0.3 is 25.2 Å². The molecule has 52 heavy (non-hydrogen) atoms. The molecule has 0 bridgehead atoms. The summed E-state index contributed by atoms with van der Waals surface area (Å²) in [6, 6.07) is 23.0. The molecule has 2 fully saturated rings. The molecule has 1 saturated heterocycles. The SMILES string of the molecule is COc1ccc(NS(=O)(=O)C[C@H](CCc2ccccc2)NC(=O)C2(NC(=O)c3ccc(-c4csc(N5CCN(C)CC5)n4)cc3)CCCCC2)cc1. The number of aryl methyl sites for hydroxylation is 1. The number of methoxy groups -OCH3 is 1. The van der Waals surface area contributed by atoms with Gasteiger partial charge in [0, 0.05) is 54.4 Å². The Labute approximate surface area is 310 Å². The topological polar surface area (TPSA) is 133 Å².